The number of carbonyl (C=O) groups is 1. The maximum Gasteiger partial charge on any atom is 0.158 e. The average Bonchev–Trinajstić information content (AvgIpc) is 2.79. The summed E-state index contributed by atoms with van der Waals surface area (Å²) >= 11 is 0. The fourth-order valence-corrected chi connectivity index (χ4v) is 1.90. The quantitative estimate of drug-likeness (QED) is 0.810. The summed E-state index contributed by atoms with van der Waals surface area (Å²) in [6.07, 6.45) is 5.04. The number of aromatic nitrogens is 2. The highest BCUT2D eigenvalue weighted by Gasteiger charge is 2.26. The van der Waals surface area contributed by atoms with E-state index in [4.69, 9.17) is 5.73 Å². The van der Waals surface area contributed by atoms with Crippen LogP contribution in [0.15, 0.2) is 12.3 Å². The second-order valence-corrected chi connectivity index (χ2v) is 5.13. The van der Waals surface area contributed by atoms with Crippen molar-refractivity contribution in [1.29, 1.82) is 0 Å². The molecule has 1 atom stereocenters. The molecule has 1 unspecified atom stereocenters. The Hall–Kier alpha value is -1.16. The van der Waals surface area contributed by atoms with Crippen LogP contribution >= 0.6 is 0 Å². The Labute approximate surface area is 110 Å². The second-order valence-electron chi connectivity index (χ2n) is 5.13. The van der Waals surface area contributed by atoms with E-state index in [9.17, 15) is 4.79 Å². The number of carbonyl (C=O) groups excluding carboxylic acids is 1. The van der Waals surface area contributed by atoms with Crippen molar-refractivity contribution >= 4 is 5.78 Å². The van der Waals surface area contributed by atoms with Crippen LogP contribution in [0.25, 0.3) is 0 Å². The highest BCUT2D eigenvalue weighted by atomic mass is 16.1. The Kier molecular flexibility index (Phi) is 5.08. The number of ketones is 1. The Morgan fingerprint density at radius 1 is 1.44 bits per heavy atom. The van der Waals surface area contributed by atoms with E-state index in [-0.39, 0.29) is 5.78 Å². The Morgan fingerprint density at radius 2 is 2.06 bits per heavy atom. The number of hydrogen-bond donors (Lipinski definition) is 1. The molecule has 0 bridgehead atoms. The van der Waals surface area contributed by atoms with Gasteiger partial charge in [-0.05, 0) is 32.3 Å². The van der Waals surface area contributed by atoms with Crippen molar-refractivity contribution in [2.24, 2.45) is 5.73 Å². The van der Waals surface area contributed by atoms with Crippen LogP contribution < -0.4 is 5.73 Å². The lowest BCUT2D eigenvalue weighted by Gasteiger charge is -2.20. The first kappa shape index (κ1) is 14.9. The van der Waals surface area contributed by atoms with E-state index < -0.39 is 5.54 Å². The van der Waals surface area contributed by atoms with Gasteiger partial charge in [-0.15, -0.1) is 0 Å². The zero-order chi connectivity index (χ0) is 13.8. The third-order valence-corrected chi connectivity index (χ3v) is 3.69. The second kappa shape index (κ2) is 6.14. The molecule has 1 aromatic heterocycles. The van der Waals surface area contributed by atoms with Crippen LogP contribution in [0, 0.1) is 0 Å². The fraction of sp³-hybridized carbons (Fsp3) is 0.714. The van der Waals surface area contributed by atoms with Gasteiger partial charge in [0.05, 0.1) is 23.7 Å². The molecule has 0 fully saturated rings. The molecule has 102 valence electrons. The first-order valence-corrected chi connectivity index (χ1v) is 6.80. The first-order valence-electron chi connectivity index (χ1n) is 6.80. The van der Waals surface area contributed by atoms with E-state index in [1.54, 1.807) is 6.92 Å². The van der Waals surface area contributed by atoms with Crippen LogP contribution in [0.5, 0.6) is 0 Å². The van der Waals surface area contributed by atoms with E-state index in [0.717, 1.165) is 18.5 Å². The third-order valence-electron chi connectivity index (χ3n) is 3.69. The highest BCUT2D eigenvalue weighted by Crippen LogP contribution is 2.16. The lowest BCUT2D eigenvalue weighted by Crippen LogP contribution is -2.45. The molecule has 0 aliphatic heterocycles. The van der Waals surface area contributed by atoms with Crippen molar-refractivity contribution in [3.63, 3.8) is 0 Å². The van der Waals surface area contributed by atoms with Crippen LogP contribution in [0.1, 0.15) is 58.7 Å². The molecule has 1 rings (SSSR count). The van der Waals surface area contributed by atoms with Crippen LogP contribution in [0.3, 0.4) is 0 Å². The van der Waals surface area contributed by atoms with E-state index in [1.807, 2.05) is 23.9 Å². The fourth-order valence-electron chi connectivity index (χ4n) is 1.90. The molecule has 2 N–H and O–H groups in total. The minimum atomic E-state index is -0.737. The number of nitrogens with zero attached hydrogens (tertiary/aromatic N) is 2. The number of rotatable bonds is 7. The van der Waals surface area contributed by atoms with Crippen LogP contribution in [-0.4, -0.2) is 21.1 Å². The lowest BCUT2D eigenvalue weighted by molar-refractivity contribution is -0.123. The van der Waals surface area contributed by atoms with E-state index in [0.29, 0.717) is 18.9 Å². The molecule has 0 aliphatic rings. The Balaban J connectivity index is 2.73. The van der Waals surface area contributed by atoms with E-state index >= 15 is 0 Å². The molecule has 0 saturated carbocycles. The third kappa shape index (κ3) is 3.42. The minimum Gasteiger partial charge on any atom is -0.319 e. The molecule has 18 heavy (non-hydrogen) atoms. The van der Waals surface area contributed by atoms with Gasteiger partial charge in [-0.1, -0.05) is 20.8 Å². The maximum atomic E-state index is 12.0. The molecule has 4 heteroatoms. The van der Waals surface area contributed by atoms with Gasteiger partial charge in [0.1, 0.15) is 0 Å². The van der Waals surface area contributed by atoms with Crippen molar-refractivity contribution in [3.05, 3.63) is 18.0 Å². The van der Waals surface area contributed by atoms with Gasteiger partial charge in [-0.2, -0.15) is 5.10 Å². The zero-order valence-electron chi connectivity index (χ0n) is 11.9. The summed E-state index contributed by atoms with van der Waals surface area (Å²) in [6, 6.07) is 2.34. The van der Waals surface area contributed by atoms with Crippen molar-refractivity contribution in [1.82, 2.24) is 9.78 Å². The zero-order valence-corrected chi connectivity index (χ0v) is 11.9. The summed E-state index contributed by atoms with van der Waals surface area (Å²) < 4.78 is 1.96. The van der Waals surface area contributed by atoms with Gasteiger partial charge in [-0.25, -0.2) is 0 Å². The molecule has 0 amide bonds. The normalized spacial score (nSPS) is 14.8. The van der Waals surface area contributed by atoms with Gasteiger partial charge in [0, 0.05) is 6.20 Å². The summed E-state index contributed by atoms with van der Waals surface area (Å²) in [5, 5.41) is 4.48. The lowest BCUT2D eigenvalue weighted by atomic mass is 9.92. The SMILES string of the molecule is CCC(CC)n1ccc(CC(=O)C(C)(N)CC)n1. The van der Waals surface area contributed by atoms with Gasteiger partial charge in [0.15, 0.2) is 5.78 Å². The van der Waals surface area contributed by atoms with Crippen LogP contribution in [0.2, 0.25) is 0 Å². The maximum absolute atomic E-state index is 12.0. The summed E-state index contributed by atoms with van der Waals surface area (Å²) in [7, 11) is 0. The topological polar surface area (TPSA) is 60.9 Å². The largest absolute Gasteiger partial charge is 0.319 e. The monoisotopic (exact) mass is 251 g/mol. The molecule has 0 aliphatic carbocycles. The smallest absolute Gasteiger partial charge is 0.158 e. The van der Waals surface area contributed by atoms with Gasteiger partial charge < -0.3 is 5.73 Å². The van der Waals surface area contributed by atoms with Crippen molar-refractivity contribution in [3.8, 4) is 0 Å². The standard InChI is InChI=1S/C14H25N3O/c1-5-12(6-2)17-9-8-11(16-17)10-13(18)14(4,15)7-3/h8-9,12H,5-7,10,15H2,1-4H3. The summed E-state index contributed by atoms with van der Waals surface area (Å²) in [4.78, 5) is 12.0. The van der Waals surface area contributed by atoms with Gasteiger partial charge >= 0.3 is 0 Å². The molecule has 1 heterocycles. The van der Waals surface area contributed by atoms with Crippen LogP contribution in [0.4, 0.5) is 0 Å². The predicted molar refractivity (Wildman–Crippen MR) is 73.4 cm³/mol. The Bertz CT molecular complexity index is 391. The Morgan fingerprint density at radius 3 is 2.56 bits per heavy atom. The van der Waals surface area contributed by atoms with Crippen molar-refractivity contribution in [2.75, 3.05) is 0 Å². The molecular formula is C14H25N3O. The molecule has 1 aromatic rings. The number of nitrogens with two attached hydrogens (primary N) is 1. The summed E-state index contributed by atoms with van der Waals surface area (Å²) in [6.45, 7) is 8.01. The number of hydrogen-bond acceptors (Lipinski definition) is 3. The van der Waals surface area contributed by atoms with Crippen LogP contribution in [-0.2, 0) is 11.2 Å². The van der Waals surface area contributed by atoms with Crippen molar-refractivity contribution < 1.29 is 4.79 Å². The number of Topliss-reactive ketones (excluding diaryl/α,β-unsaturated/α-hetero) is 1. The van der Waals surface area contributed by atoms with Gasteiger partial charge in [-0.3, -0.25) is 9.48 Å². The molecule has 0 spiro atoms. The first-order chi connectivity index (χ1) is 8.44. The highest BCUT2D eigenvalue weighted by molar-refractivity contribution is 5.89. The van der Waals surface area contributed by atoms with Gasteiger partial charge in [0.2, 0.25) is 0 Å². The van der Waals surface area contributed by atoms with E-state index in [1.165, 1.54) is 0 Å². The molecule has 0 aromatic carbocycles. The summed E-state index contributed by atoms with van der Waals surface area (Å²) in [5.41, 5.74) is 6.02. The average molecular weight is 251 g/mol. The van der Waals surface area contributed by atoms with Gasteiger partial charge in [0.25, 0.3) is 0 Å². The predicted octanol–water partition coefficient (Wildman–Crippen LogP) is 2.48. The van der Waals surface area contributed by atoms with E-state index in [2.05, 4.69) is 18.9 Å². The van der Waals surface area contributed by atoms with Crippen molar-refractivity contribution in [2.45, 2.75) is 65.0 Å². The minimum absolute atomic E-state index is 0.0554. The molecule has 0 saturated heterocycles. The molecule has 0 radical (unpaired) electrons. The molecule has 4 nitrogen and oxygen atoms in total. The summed E-state index contributed by atoms with van der Waals surface area (Å²) in [5.74, 6) is 0.0554. The molecular weight excluding hydrogens is 226 g/mol.